The molecule has 88 valence electrons. The van der Waals surface area contributed by atoms with E-state index in [4.69, 9.17) is 5.73 Å². The van der Waals surface area contributed by atoms with Crippen LogP contribution in [0.4, 0.5) is 5.82 Å². The lowest BCUT2D eigenvalue weighted by molar-refractivity contribution is 1.01. The highest BCUT2D eigenvalue weighted by Crippen LogP contribution is 2.16. The summed E-state index contributed by atoms with van der Waals surface area (Å²) in [5.74, 6) is 1.54. The monoisotopic (exact) mass is 228 g/mol. The molecule has 0 aliphatic rings. The normalized spacial score (nSPS) is 10.2. The molecule has 0 bridgehead atoms. The SMILES string of the molecule is Cc1ccc(-c2nccc(NCCN)n2)cc1. The van der Waals surface area contributed by atoms with Gasteiger partial charge in [0.25, 0.3) is 0 Å². The summed E-state index contributed by atoms with van der Waals surface area (Å²) < 4.78 is 0. The van der Waals surface area contributed by atoms with E-state index in [1.807, 2.05) is 18.2 Å². The van der Waals surface area contributed by atoms with Crippen LogP contribution in [-0.2, 0) is 0 Å². The number of aryl methyl sites for hydroxylation is 1. The number of rotatable bonds is 4. The van der Waals surface area contributed by atoms with Crippen molar-refractivity contribution in [3.63, 3.8) is 0 Å². The third kappa shape index (κ3) is 3.01. The Kier molecular flexibility index (Phi) is 3.67. The standard InChI is InChI=1S/C13H16N4/c1-10-2-4-11(5-3-10)13-16-8-6-12(17-13)15-9-7-14/h2-6,8H,7,9,14H2,1H3,(H,15,16,17). The quantitative estimate of drug-likeness (QED) is 0.838. The highest BCUT2D eigenvalue weighted by atomic mass is 15.0. The summed E-state index contributed by atoms with van der Waals surface area (Å²) in [6.07, 6.45) is 1.75. The Bertz CT molecular complexity index is 479. The van der Waals surface area contributed by atoms with E-state index in [9.17, 15) is 0 Å². The van der Waals surface area contributed by atoms with Crippen LogP contribution in [0.2, 0.25) is 0 Å². The molecular weight excluding hydrogens is 212 g/mol. The predicted octanol–water partition coefficient (Wildman–Crippen LogP) is 1.82. The van der Waals surface area contributed by atoms with Crippen LogP contribution in [0.25, 0.3) is 11.4 Å². The molecule has 4 nitrogen and oxygen atoms in total. The fourth-order valence-corrected chi connectivity index (χ4v) is 1.50. The van der Waals surface area contributed by atoms with Gasteiger partial charge in [-0.3, -0.25) is 0 Å². The first-order chi connectivity index (χ1) is 8.29. The molecule has 0 amide bonds. The molecular formula is C13H16N4. The fourth-order valence-electron chi connectivity index (χ4n) is 1.50. The number of nitrogens with two attached hydrogens (primary N) is 1. The molecule has 0 radical (unpaired) electrons. The Balaban J connectivity index is 2.23. The summed E-state index contributed by atoms with van der Waals surface area (Å²) in [6.45, 7) is 3.36. The van der Waals surface area contributed by atoms with Crippen molar-refractivity contribution < 1.29 is 0 Å². The summed E-state index contributed by atoms with van der Waals surface area (Å²) in [6, 6.07) is 10.00. The van der Waals surface area contributed by atoms with Gasteiger partial charge in [0, 0.05) is 24.8 Å². The van der Waals surface area contributed by atoms with E-state index >= 15 is 0 Å². The van der Waals surface area contributed by atoms with Gasteiger partial charge in [-0.25, -0.2) is 9.97 Å². The van der Waals surface area contributed by atoms with Gasteiger partial charge >= 0.3 is 0 Å². The van der Waals surface area contributed by atoms with Gasteiger partial charge in [-0.05, 0) is 13.0 Å². The van der Waals surface area contributed by atoms with Gasteiger partial charge in [0.2, 0.25) is 0 Å². The van der Waals surface area contributed by atoms with Crippen molar-refractivity contribution in [1.29, 1.82) is 0 Å². The van der Waals surface area contributed by atoms with Gasteiger partial charge in [-0.2, -0.15) is 0 Å². The second-order valence-electron chi connectivity index (χ2n) is 3.85. The van der Waals surface area contributed by atoms with E-state index in [0.29, 0.717) is 13.1 Å². The van der Waals surface area contributed by atoms with Crippen LogP contribution in [0, 0.1) is 6.92 Å². The molecule has 0 aliphatic heterocycles. The fraction of sp³-hybridized carbons (Fsp3) is 0.231. The summed E-state index contributed by atoms with van der Waals surface area (Å²) >= 11 is 0. The van der Waals surface area contributed by atoms with Crippen molar-refractivity contribution in [3.8, 4) is 11.4 Å². The van der Waals surface area contributed by atoms with Crippen molar-refractivity contribution in [2.45, 2.75) is 6.92 Å². The zero-order valence-corrected chi connectivity index (χ0v) is 9.85. The Morgan fingerprint density at radius 3 is 2.65 bits per heavy atom. The first-order valence-corrected chi connectivity index (χ1v) is 5.63. The molecule has 17 heavy (non-hydrogen) atoms. The summed E-state index contributed by atoms with van der Waals surface area (Å²) in [7, 11) is 0. The number of nitrogens with one attached hydrogen (secondary N) is 1. The molecule has 0 saturated heterocycles. The number of hydrogen-bond acceptors (Lipinski definition) is 4. The highest BCUT2D eigenvalue weighted by molar-refractivity contribution is 5.57. The summed E-state index contributed by atoms with van der Waals surface area (Å²) in [5.41, 5.74) is 7.68. The van der Waals surface area contributed by atoms with Gasteiger partial charge in [0.15, 0.2) is 5.82 Å². The highest BCUT2D eigenvalue weighted by Gasteiger charge is 2.01. The van der Waals surface area contributed by atoms with Crippen molar-refractivity contribution in [1.82, 2.24) is 9.97 Å². The molecule has 0 saturated carbocycles. The number of benzene rings is 1. The topological polar surface area (TPSA) is 63.8 Å². The van der Waals surface area contributed by atoms with Crippen LogP contribution >= 0.6 is 0 Å². The smallest absolute Gasteiger partial charge is 0.161 e. The number of anilines is 1. The minimum atomic E-state index is 0.587. The lowest BCUT2D eigenvalue weighted by Gasteiger charge is -2.05. The molecule has 0 unspecified atom stereocenters. The maximum absolute atomic E-state index is 5.44. The zero-order valence-electron chi connectivity index (χ0n) is 9.85. The van der Waals surface area contributed by atoms with E-state index in [-0.39, 0.29) is 0 Å². The van der Waals surface area contributed by atoms with Crippen molar-refractivity contribution in [2.75, 3.05) is 18.4 Å². The Morgan fingerprint density at radius 2 is 1.94 bits per heavy atom. The Morgan fingerprint density at radius 1 is 1.18 bits per heavy atom. The number of hydrogen-bond donors (Lipinski definition) is 2. The van der Waals surface area contributed by atoms with Gasteiger partial charge < -0.3 is 11.1 Å². The second kappa shape index (κ2) is 5.41. The van der Waals surface area contributed by atoms with Crippen LogP contribution in [0.5, 0.6) is 0 Å². The largest absolute Gasteiger partial charge is 0.369 e. The molecule has 1 aromatic carbocycles. The third-order valence-corrected chi connectivity index (χ3v) is 2.42. The van der Waals surface area contributed by atoms with E-state index in [2.05, 4.69) is 34.3 Å². The predicted molar refractivity (Wildman–Crippen MR) is 69.7 cm³/mol. The Hall–Kier alpha value is -1.94. The minimum Gasteiger partial charge on any atom is -0.369 e. The van der Waals surface area contributed by atoms with Gasteiger partial charge in [0.05, 0.1) is 0 Å². The molecule has 2 aromatic rings. The van der Waals surface area contributed by atoms with Crippen LogP contribution < -0.4 is 11.1 Å². The van der Waals surface area contributed by atoms with E-state index in [0.717, 1.165) is 17.2 Å². The first-order valence-electron chi connectivity index (χ1n) is 5.63. The molecule has 0 spiro atoms. The lowest BCUT2D eigenvalue weighted by atomic mass is 10.1. The zero-order chi connectivity index (χ0) is 12.1. The van der Waals surface area contributed by atoms with Crippen molar-refractivity contribution in [3.05, 3.63) is 42.1 Å². The average Bonchev–Trinajstić information content (AvgIpc) is 2.37. The molecule has 4 heteroatoms. The molecule has 1 heterocycles. The minimum absolute atomic E-state index is 0.587. The van der Waals surface area contributed by atoms with Crippen LogP contribution in [0.1, 0.15) is 5.56 Å². The molecule has 0 atom stereocenters. The van der Waals surface area contributed by atoms with E-state index < -0.39 is 0 Å². The molecule has 2 rings (SSSR count). The molecule has 0 aliphatic carbocycles. The first kappa shape index (κ1) is 11.5. The second-order valence-corrected chi connectivity index (χ2v) is 3.85. The van der Waals surface area contributed by atoms with Crippen molar-refractivity contribution in [2.24, 2.45) is 5.73 Å². The lowest BCUT2D eigenvalue weighted by Crippen LogP contribution is -2.14. The maximum Gasteiger partial charge on any atom is 0.161 e. The number of aromatic nitrogens is 2. The van der Waals surface area contributed by atoms with Gasteiger partial charge in [-0.15, -0.1) is 0 Å². The van der Waals surface area contributed by atoms with Crippen LogP contribution in [0.15, 0.2) is 36.5 Å². The van der Waals surface area contributed by atoms with E-state index in [1.165, 1.54) is 5.56 Å². The Labute approximate surface area is 101 Å². The summed E-state index contributed by atoms with van der Waals surface area (Å²) in [5, 5.41) is 3.14. The van der Waals surface area contributed by atoms with Crippen molar-refractivity contribution >= 4 is 5.82 Å². The van der Waals surface area contributed by atoms with Crippen LogP contribution in [0.3, 0.4) is 0 Å². The maximum atomic E-state index is 5.44. The third-order valence-electron chi connectivity index (χ3n) is 2.42. The molecule has 0 fully saturated rings. The number of nitrogens with zero attached hydrogens (tertiary/aromatic N) is 2. The summed E-state index contributed by atoms with van der Waals surface area (Å²) in [4.78, 5) is 8.70. The van der Waals surface area contributed by atoms with E-state index in [1.54, 1.807) is 6.20 Å². The van der Waals surface area contributed by atoms with Crippen LogP contribution in [-0.4, -0.2) is 23.1 Å². The van der Waals surface area contributed by atoms with Gasteiger partial charge in [0.1, 0.15) is 5.82 Å². The molecule has 1 aromatic heterocycles. The average molecular weight is 228 g/mol. The van der Waals surface area contributed by atoms with Gasteiger partial charge in [-0.1, -0.05) is 29.8 Å². The molecule has 3 N–H and O–H groups in total.